The number of hydrogen-bond donors (Lipinski definition) is 0. The molecule has 0 bridgehead atoms. The fraction of sp³-hybridized carbons (Fsp3) is 0.238. The van der Waals surface area contributed by atoms with Gasteiger partial charge >= 0.3 is 6.09 Å². The number of cyclic esters (lactones) is 1. The van der Waals surface area contributed by atoms with E-state index in [1.54, 1.807) is 18.2 Å². The lowest BCUT2D eigenvalue weighted by molar-refractivity contribution is -0.125. The summed E-state index contributed by atoms with van der Waals surface area (Å²) < 4.78 is 6.34. The summed E-state index contributed by atoms with van der Waals surface area (Å²) in [5.74, 6) is -0.392. The molecule has 1 aliphatic heterocycles. The van der Waals surface area contributed by atoms with Crippen LogP contribution < -0.4 is 5.56 Å². The van der Waals surface area contributed by atoms with Crippen molar-refractivity contribution in [3.63, 3.8) is 0 Å². The number of nitrogens with zero attached hydrogens (tertiary/aromatic N) is 3. The van der Waals surface area contributed by atoms with Gasteiger partial charge in [-0.05, 0) is 49.2 Å². The zero-order valence-electron chi connectivity index (χ0n) is 16.0. The van der Waals surface area contributed by atoms with Crippen molar-refractivity contribution in [1.29, 1.82) is 0 Å². The van der Waals surface area contributed by atoms with Crippen LogP contribution in [0, 0.1) is 13.8 Å². The molecule has 0 unspecified atom stereocenters. The Kier molecular flexibility index (Phi) is 5.10. The van der Waals surface area contributed by atoms with Crippen LogP contribution in [0.25, 0.3) is 16.6 Å². The summed E-state index contributed by atoms with van der Waals surface area (Å²) >= 11 is 1.13. The Morgan fingerprint density at radius 3 is 2.66 bits per heavy atom. The van der Waals surface area contributed by atoms with Gasteiger partial charge in [-0.1, -0.05) is 30.0 Å². The summed E-state index contributed by atoms with van der Waals surface area (Å²) in [6.45, 7) is 4.43. The van der Waals surface area contributed by atoms with Crippen molar-refractivity contribution in [3.05, 3.63) is 63.9 Å². The van der Waals surface area contributed by atoms with Crippen molar-refractivity contribution in [2.45, 2.75) is 19.0 Å². The molecule has 7 nitrogen and oxygen atoms in total. The topological polar surface area (TPSA) is 81.5 Å². The molecular weight excluding hydrogens is 390 g/mol. The molecule has 1 aromatic heterocycles. The Morgan fingerprint density at radius 2 is 1.93 bits per heavy atom. The van der Waals surface area contributed by atoms with E-state index in [4.69, 9.17) is 4.74 Å². The minimum Gasteiger partial charge on any atom is -0.447 e. The van der Waals surface area contributed by atoms with Gasteiger partial charge in [-0.25, -0.2) is 14.7 Å². The Bertz CT molecular complexity index is 1190. The average molecular weight is 409 g/mol. The van der Waals surface area contributed by atoms with Crippen molar-refractivity contribution in [2.24, 2.45) is 0 Å². The number of imide groups is 1. The molecule has 2 heterocycles. The molecule has 0 aliphatic carbocycles. The molecule has 0 N–H and O–H groups in total. The van der Waals surface area contributed by atoms with Crippen LogP contribution in [-0.4, -0.2) is 45.4 Å². The van der Waals surface area contributed by atoms with Crippen molar-refractivity contribution in [2.75, 3.05) is 18.9 Å². The second kappa shape index (κ2) is 7.71. The van der Waals surface area contributed by atoms with Crippen LogP contribution in [0.3, 0.4) is 0 Å². The van der Waals surface area contributed by atoms with E-state index in [1.165, 1.54) is 4.57 Å². The molecule has 148 valence electrons. The number of rotatable bonds is 4. The standard InChI is InChI=1S/C21H19N3O4S/c1-13-7-8-15(11-14(13)2)24-19(26)16-5-3-4-6-17(16)22-20(24)29-12-18(25)23-9-10-28-21(23)27/h3-8,11H,9-10,12H2,1-2H3. The lowest BCUT2D eigenvalue weighted by Gasteiger charge is -2.15. The highest BCUT2D eigenvalue weighted by Crippen LogP contribution is 2.23. The highest BCUT2D eigenvalue weighted by molar-refractivity contribution is 7.99. The van der Waals surface area contributed by atoms with Crippen molar-refractivity contribution < 1.29 is 14.3 Å². The van der Waals surface area contributed by atoms with Gasteiger partial charge in [-0.15, -0.1) is 0 Å². The first-order valence-electron chi connectivity index (χ1n) is 9.15. The lowest BCUT2D eigenvalue weighted by Crippen LogP contribution is -2.33. The minimum atomic E-state index is -0.631. The number of ether oxygens (including phenoxy) is 1. The molecule has 3 aromatic rings. The SMILES string of the molecule is Cc1ccc(-n2c(SCC(=O)N3CCOC3=O)nc3ccccc3c2=O)cc1C. The maximum absolute atomic E-state index is 13.2. The van der Waals surface area contributed by atoms with Gasteiger partial charge < -0.3 is 4.74 Å². The van der Waals surface area contributed by atoms with E-state index < -0.39 is 6.09 Å². The van der Waals surface area contributed by atoms with Crippen LogP contribution in [0.2, 0.25) is 0 Å². The first kappa shape index (κ1) is 19.2. The molecule has 0 radical (unpaired) electrons. The zero-order chi connectivity index (χ0) is 20.5. The summed E-state index contributed by atoms with van der Waals surface area (Å²) in [4.78, 5) is 43.0. The number of benzene rings is 2. The molecule has 1 saturated heterocycles. The Labute approximate surface area is 171 Å². The van der Waals surface area contributed by atoms with E-state index >= 15 is 0 Å². The van der Waals surface area contributed by atoms with E-state index in [-0.39, 0.29) is 30.4 Å². The summed E-state index contributed by atoms with van der Waals surface area (Å²) in [7, 11) is 0. The Morgan fingerprint density at radius 1 is 1.14 bits per heavy atom. The predicted octanol–water partition coefficient (Wildman–Crippen LogP) is 3.07. The van der Waals surface area contributed by atoms with Crippen molar-refractivity contribution in [3.8, 4) is 5.69 Å². The number of carbonyl (C=O) groups excluding carboxylic acids is 2. The smallest absolute Gasteiger partial charge is 0.416 e. The number of fused-ring (bicyclic) bond motifs is 1. The number of aromatic nitrogens is 2. The summed E-state index contributed by atoms with van der Waals surface area (Å²) in [5, 5.41) is 0.905. The van der Waals surface area contributed by atoms with Crippen LogP contribution in [0.5, 0.6) is 0 Å². The number of para-hydroxylation sites is 1. The van der Waals surface area contributed by atoms with E-state index in [9.17, 15) is 14.4 Å². The molecule has 2 aromatic carbocycles. The summed E-state index contributed by atoms with van der Waals surface area (Å²) in [5.41, 5.74) is 3.22. The van der Waals surface area contributed by atoms with Crippen molar-refractivity contribution >= 4 is 34.7 Å². The predicted molar refractivity (Wildman–Crippen MR) is 111 cm³/mol. The largest absolute Gasteiger partial charge is 0.447 e. The van der Waals surface area contributed by atoms with Gasteiger partial charge in [0.05, 0.1) is 28.9 Å². The summed E-state index contributed by atoms with van der Waals surface area (Å²) in [6, 6.07) is 12.9. The Hall–Kier alpha value is -3.13. The molecule has 0 saturated carbocycles. The molecule has 2 amide bonds. The van der Waals surface area contributed by atoms with Crippen LogP contribution in [0.15, 0.2) is 52.4 Å². The second-order valence-corrected chi connectivity index (χ2v) is 7.71. The van der Waals surface area contributed by atoms with Gasteiger partial charge in [0.1, 0.15) is 6.61 Å². The highest BCUT2D eigenvalue weighted by atomic mass is 32.2. The van der Waals surface area contributed by atoms with E-state index in [2.05, 4.69) is 4.98 Å². The molecule has 0 spiro atoms. The van der Waals surface area contributed by atoms with Gasteiger partial charge in [-0.2, -0.15) is 0 Å². The molecule has 0 atom stereocenters. The molecule has 8 heteroatoms. The highest BCUT2D eigenvalue weighted by Gasteiger charge is 2.28. The van der Waals surface area contributed by atoms with Crippen LogP contribution in [-0.2, 0) is 9.53 Å². The van der Waals surface area contributed by atoms with E-state index in [0.717, 1.165) is 27.8 Å². The molecule has 29 heavy (non-hydrogen) atoms. The van der Waals surface area contributed by atoms with Gasteiger partial charge in [0.2, 0.25) is 5.91 Å². The van der Waals surface area contributed by atoms with E-state index in [1.807, 2.05) is 38.1 Å². The normalized spacial score (nSPS) is 13.7. The fourth-order valence-electron chi connectivity index (χ4n) is 3.13. The average Bonchev–Trinajstić information content (AvgIpc) is 3.14. The maximum atomic E-state index is 13.2. The van der Waals surface area contributed by atoms with Gasteiger partial charge in [0.15, 0.2) is 5.16 Å². The third-order valence-corrected chi connectivity index (χ3v) is 5.80. The number of aryl methyl sites for hydroxylation is 2. The molecule has 1 aliphatic rings. The van der Waals surface area contributed by atoms with Crippen LogP contribution in [0.1, 0.15) is 11.1 Å². The van der Waals surface area contributed by atoms with Gasteiger partial charge in [-0.3, -0.25) is 14.2 Å². The lowest BCUT2D eigenvalue weighted by atomic mass is 10.1. The number of carbonyl (C=O) groups is 2. The van der Waals surface area contributed by atoms with E-state index in [0.29, 0.717) is 21.7 Å². The second-order valence-electron chi connectivity index (χ2n) is 6.77. The van der Waals surface area contributed by atoms with Crippen LogP contribution >= 0.6 is 11.8 Å². The van der Waals surface area contributed by atoms with Crippen molar-refractivity contribution in [1.82, 2.24) is 14.5 Å². The first-order chi connectivity index (χ1) is 14.0. The molecule has 4 rings (SSSR count). The number of thioether (sulfide) groups is 1. The molecular formula is C21H19N3O4S. The Balaban J connectivity index is 1.77. The maximum Gasteiger partial charge on any atom is 0.416 e. The minimum absolute atomic E-state index is 0.0231. The zero-order valence-corrected chi connectivity index (χ0v) is 16.9. The first-order valence-corrected chi connectivity index (χ1v) is 10.1. The fourth-order valence-corrected chi connectivity index (χ4v) is 4.01. The summed E-state index contributed by atoms with van der Waals surface area (Å²) in [6.07, 6.45) is -0.631. The monoisotopic (exact) mass is 409 g/mol. The molecule has 1 fully saturated rings. The van der Waals surface area contributed by atoms with Crippen LogP contribution in [0.4, 0.5) is 4.79 Å². The third-order valence-electron chi connectivity index (χ3n) is 4.88. The number of hydrogen-bond acceptors (Lipinski definition) is 6. The quantitative estimate of drug-likeness (QED) is 0.487. The van der Waals surface area contributed by atoms with Gasteiger partial charge in [0.25, 0.3) is 5.56 Å². The third kappa shape index (κ3) is 3.63. The van der Waals surface area contributed by atoms with Gasteiger partial charge in [0, 0.05) is 0 Å². The number of amides is 2.